The second-order valence-corrected chi connectivity index (χ2v) is 6.03. The molecular formula is C18H21N3O2. The molecule has 1 aromatic carbocycles. The van der Waals surface area contributed by atoms with E-state index in [9.17, 15) is 9.59 Å². The predicted molar refractivity (Wildman–Crippen MR) is 91.1 cm³/mol. The van der Waals surface area contributed by atoms with Gasteiger partial charge in [0.1, 0.15) is 0 Å². The van der Waals surface area contributed by atoms with Gasteiger partial charge in [-0.05, 0) is 37.6 Å². The number of hydrogen-bond donors (Lipinski definition) is 1. The van der Waals surface area contributed by atoms with E-state index in [1.54, 1.807) is 13.0 Å². The number of nitrogens with one attached hydrogen (secondary N) is 1. The number of anilines is 1. The Morgan fingerprint density at radius 1 is 1.04 bits per heavy atom. The van der Waals surface area contributed by atoms with Crippen LogP contribution < -0.4 is 10.5 Å². The molecule has 5 nitrogen and oxygen atoms in total. The van der Waals surface area contributed by atoms with Crippen molar-refractivity contribution in [3.8, 4) is 0 Å². The Hall–Kier alpha value is -2.56. The van der Waals surface area contributed by atoms with Crippen molar-refractivity contribution in [2.24, 2.45) is 0 Å². The first-order chi connectivity index (χ1) is 11.0. The Bertz CT molecular complexity index is 774. The number of nitrogens with zero attached hydrogens (tertiary/aromatic N) is 2. The number of aromatic amines is 1. The number of pyridine rings is 1. The summed E-state index contributed by atoms with van der Waals surface area (Å²) in [5, 5.41) is 0. The number of benzene rings is 1. The highest BCUT2D eigenvalue weighted by molar-refractivity contribution is 5.94. The fourth-order valence-electron chi connectivity index (χ4n) is 2.98. The molecule has 0 spiro atoms. The van der Waals surface area contributed by atoms with Gasteiger partial charge in [-0.25, -0.2) is 0 Å². The highest BCUT2D eigenvalue weighted by atomic mass is 16.2. The van der Waals surface area contributed by atoms with E-state index in [4.69, 9.17) is 0 Å². The molecule has 1 fully saturated rings. The topological polar surface area (TPSA) is 56.4 Å². The average molecular weight is 311 g/mol. The quantitative estimate of drug-likeness (QED) is 0.922. The van der Waals surface area contributed by atoms with E-state index in [1.165, 1.54) is 17.3 Å². The van der Waals surface area contributed by atoms with Crippen LogP contribution in [0.25, 0.3) is 0 Å². The van der Waals surface area contributed by atoms with Crippen molar-refractivity contribution in [1.82, 2.24) is 9.88 Å². The second-order valence-electron chi connectivity index (χ2n) is 6.03. The highest BCUT2D eigenvalue weighted by Crippen LogP contribution is 2.18. The molecule has 1 N–H and O–H groups in total. The summed E-state index contributed by atoms with van der Waals surface area (Å²) in [6, 6.07) is 11.5. The summed E-state index contributed by atoms with van der Waals surface area (Å²) in [6.07, 6.45) is 0. The summed E-state index contributed by atoms with van der Waals surface area (Å²) in [6.45, 7) is 6.80. The number of carbonyl (C=O) groups excluding carboxylic acids is 1. The van der Waals surface area contributed by atoms with E-state index < -0.39 is 0 Å². The number of amides is 1. The SMILES string of the molecule is Cc1cccc(N2CCN(C(=O)c3cc(C)[nH]c(=O)c3)CC2)c1. The summed E-state index contributed by atoms with van der Waals surface area (Å²) >= 11 is 0. The Labute approximate surface area is 135 Å². The molecule has 0 saturated carbocycles. The smallest absolute Gasteiger partial charge is 0.254 e. The van der Waals surface area contributed by atoms with Crippen LogP contribution in [-0.4, -0.2) is 42.0 Å². The van der Waals surface area contributed by atoms with Gasteiger partial charge in [0.05, 0.1) is 0 Å². The van der Waals surface area contributed by atoms with Crippen LogP contribution in [0, 0.1) is 13.8 Å². The van der Waals surface area contributed by atoms with E-state index in [2.05, 4.69) is 41.1 Å². The molecule has 0 unspecified atom stereocenters. The summed E-state index contributed by atoms with van der Waals surface area (Å²) in [7, 11) is 0. The van der Waals surface area contributed by atoms with Gasteiger partial charge >= 0.3 is 0 Å². The lowest BCUT2D eigenvalue weighted by atomic mass is 10.1. The third-order valence-corrected chi connectivity index (χ3v) is 4.16. The van der Waals surface area contributed by atoms with Crippen LogP contribution in [0.15, 0.2) is 41.2 Å². The van der Waals surface area contributed by atoms with Crippen molar-refractivity contribution >= 4 is 11.6 Å². The number of rotatable bonds is 2. The van der Waals surface area contributed by atoms with Crippen molar-refractivity contribution in [2.45, 2.75) is 13.8 Å². The lowest BCUT2D eigenvalue weighted by Crippen LogP contribution is -2.49. The normalized spacial score (nSPS) is 14.9. The van der Waals surface area contributed by atoms with Gasteiger partial charge in [-0.15, -0.1) is 0 Å². The van der Waals surface area contributed by atoms with E-state index in [-0.39, 0.29) is 11.5 Å². The zero-order valence-corrected chi connectivity index (χ0v) is 13.5. The lowest BCUT2D eigenvalue weighted by Gasteiger charge is -2.36. The molecule has 3 rings (SSSR count). The molecule has 2 aromatic rings. The maximum absolute atomic E-state index is 12.6. The van der Waals surface area contributed by atoms with E-state index >= 15 is 0 Å². The fraction of sp³-hybridized carbons (Fsp3) is 0.333. The van der Waals surface area contributed by atoms with Gasteiger partial charge in [0.25, 0.3) is 5.91 Å². The average Bonchev–Trinajstić information content (AvgIpc) is 2.53. The molecular weight excluding hydrogens is 290 g/mol. The van der Waals surface area contributed by atoms with Gasteiger partial charge in [-0.3, -0.25) is 9.59 Å². The summed E-state index contributed by atoms with van der Waals surface area (Å²) in [5.74, 6) is -0.0666. The zero-order valence-electron chi connectivity index (χ0n) is 13.5. The third-order valence-electron chi connectivity index (χ3n) is 4.16. The first-order valence-corrected chi connectivity index (χ1v) is 7.85. The molecule has 1 aliphatic rings. The minimum Gasteiger partial charge on any atom is -0.368 e. The molecule has 23 heavy (non-hydrogen) atoms. The first kappa shape index (κ1) is 15.3. The van der Waals surface area contributed by atoms with Gasteiger partial charge in [0.2, 0.25) is 5.56 Å². The van der Waals surface area contributed by atoms with Crippen LogP contribution in [0.1, 0.15) is 21.6 Å². The summed E-state index contributed by atoms with van der Waals surface area (Å²) in [5.41, 5.74) is 3.38. The number of aryl methyl sites for hydroxylation is 2. The number of hydrogen-bond acceptors (Lipinski definition) is 3. The number of aromatic nitrogens is 1. The zero-order chi connectivity index (χ0) is 16.4. The minimum absolute atomic E-state index is 0.0666. The minimum atomic E-state index is -0.230. The van der Waals surface area contributed by atoms with Crippen molar-refractivity contribution in [2.75, 3.05) is 31.1 Å². The largest absolute Gasteiger partial charge is 0.368 e. The molecule has 1 aliphatic heterocycles. The monoisotopic (exact) mass is 311 g/mol. The molecule has 1 saturated heterocycles. The number of carbonyl (C=O) groups is 1. The van der Waals surface area contributed by atoms with Crippen LogP contribution in [0.2, 0.25) is 0 Å². The van der Waals surface area contributed by atoms with E-state index in [0.717, 1.165) is 13.1 Å². The standard InChI is InChI=1S/C18H21N3O2/c1-13-4-3-5-16(10-13)20-6-8-21(9-7-20)18(23)15-11-14(2)19-17(22)12-15/h3-5,10-12H,6-9H2,1-2H3,(H,19,22). The van der Waals surface area contributed by atoms with Crippen molar-refractivity contribution < 1.29 is 4.79 Å². The molecule has 120 valence electrons. The van der Waals surface area contributed by atoms with Crippen LogP contribution >= 0.6 is 0 Å². The van der Waals surface area contributed by atoms with Crippen molar-refractivity contribution in [1.29, 1.82) is 0 Å². The first-order valence-electron chi connectivity index (χ1n) is 7.85. The third kappa shape index (κ3) is 3.44. The van der Waals surface area contributed by atoms with Gasteiger partial charge in [0, 0.05) is 49.2 Å². The lowest BCUT2D eigenvalue weighted by molar-refractivity contribution is 0.0746. The molecule has 0 atom stereocenters. The number of H-pyrrole nitrogens is 1. The number of piperazine rings is 1. The second kappa shape index (κ2) is 6.28. The van der Waals surface area contributed by atoms with Crippen LogP contribution in [-0.2, 0) is 0 Å². The van der Waals surface area contributed by atoms with Gasteiger partial charge in [-0.2, -0.15) is 0 Å². The predicted octanol–water partition coefficient (Wildman–Crippen LogP) is 1.95. The van der Waals surface area contributed by atoms with Crippen LogP contribution in [0.5, 0.6) is 0 Å². The van der Waals surface area contributed by atoms with Crippen molar-refractivity contribution in [3.05, 3.63) is 63.6 Å². The van der Waals surface area contributed by atoms with Crippen LogP contribution in [0.3, 0.4) is 0 Å². The summed E-state index contributed by atoms with van der Waals surface area (Å²) < 4.78 is 0. The molecule has 0 radical (unpaired) electrons. The van der Waals surface area contributed by atoms with Gasteiger partial charge in [0.15, 0.2) is 0 Å². The van der Waals surface area contributed by atoms with Gasteiger partial charge in [-0.1, -0.05) is 12.1 Å². The Morgan fingerprint density at radius 2 is 1.78 bits per heavy atom. The molecule has 0 bridgehead atoms. The fourth-order valence-corrected chi connectivity index (χ4v) is 2.98. The molecule has 2 heterocycles. The van der Waals surface area contributed by atoms with E-state index in [0.29, 0.717) is 24.3 Å². The molecule has 5 heteroatoms. The van der Waals surface area contributed by atoms with Crippen LogP contribution in [0.4, 0.5) is 5.69 Å². The maximum atomic E-state index is 12.6. The molecule has 0 aliphatic carbocycles. The van der Waals surface area contributed by atoms with Crippen molar-refractivity contribution in [3.63, 3.8) is 0 Å². The van der Waals surface area contributed by atoms with Gasteiger partial charge < -0.3 is 14.8 Å². The Kier molecular flexibility index (Phi) is 4.19. The highest BCUT2D eigenvalue weighted by Gasteiger charge is 2.22. The Balaban J connectivity index is 1.69. The molecule has 1 aromatic heterocycles. The van der Waals surface area contributed by atoms with E-state index in [1.807, 2.05) is 4.90 Å². The summed E-state index contributed by atoms with van der Waals surface area (Å²) in [4.78, 5) is 30.9. The maximum Gasteiger partial charge on any atom is 0.254 e. The molecule has 1 amide bonds. The Morgan fingerprint density at radius 3 is 2.43 bits per heavy atom.